The molecule has 1 amide bonds. The van der Waals surface area contributed by atoms with E-state index in [1.54, 1.807) is 16.9 Å². The largest absolute Gasteiger partial charge is 0.337 e. The maximum Gasteiger partial charge on any atom is 0.276 e. The van der Waals surface area contributed by atoms with Gasteiger partial charge in [-0.05, 0) is 37.8 Å². The Bertz CT molecular complexity index is 753. The Morgan fingerprint density at radius 1 is 1.28 bits per heavy atom. The Balaban J connectivity index is 0.00000182. The van der Waals surface area contributed by atoms with Crippen LogP contribution in [0.25, 0.3) is 5.69 Å². The van der Waals surface area contributed by atoms with Crippen LogP contribution in [-0.4, -0.2) is 51.0 Å². The van der Waals surface area contributed by atoms with Gasteiger partial charge in [-0.2, -0.15) is 0 Å². The zero-order valence-corrected chi connectivity index (χ0v) is 15.5. The maximum absolute atomic E-state index is 12.8. The molecule has 2 aliphatic heterocycles. The molecular weight excluding hydrogens is 361 g/mol. The zero-order chi connectivity index (χ0) is 16.7. The van der Waals surface area contributed by atoms with Gasteiger partial charge < -0.3 is 10.2 Å². The summed E-state index contributed by atoms with van der Waals surface area (Å²) in [6.07, 6.45) is 6.10. The second-order valence-corrected chi connectivity index (χ2v) is 7.09. The summed E-state index contributed by atoms with van der Waals surface area (Å²) in [5, 5.41) is 12.3. The number of hydrogen-bond acceptors (Lipinski definition) is 4. The molecule has 2 atom stereocenters. The number of benzene rings is 1. The monoisotopic (exact) mass is 381 g/mol. The fourth-order valence-corrected chi connectivity index (χ4v) is 4.03. The van der Waals surface area contributed by atoms with Crippen LogP contribution in [0.5, 0.6) is 0 Å². The van der Waals surface area contributed by atoms with Crippen LogP contribution in [0.1, 0.15) is 36.2 Å². The fourth-order valence-electron chi connectivity index (χ4n) is 3.81. The molecule has 0 aliphatic carbocycles. The van der Waals surface area contributed by atoms with Gasteiger partial charge in [-0.3, -0.25) is 4.79 Å². The van der Waals surface area contributed by atoms with Gasteiger partial charge in [0.1, 0.15) is 0 Å². The van der Waals surface area contributed by atoms with Gasteiger partial charge >= 0.3 is 0 Å². The van der Waals surface area contributed by atoms with Crippen molar-refractivity contribution in [2.45, 2.75) is 43.8 Å². The molecule has 2 aromatic rings. The fraction of sp³-hybridized carbons (Fsp3) is 0.471. The van der Waals surface area contributed by atoms with Crippen molar-refractivity contribution in [3.63, 3.8) is 0 Å². The molecule has 3 heterocycles. The topological polar surface area (TPSA) is 63.1 Å². The Hall–Kier alpha value is -1.63. The third-order valence-electron chi connectivity index (χ3n) is 5.13. The number of halogens is 2. The van der Waals surface area contributed by atoms with Crippen LogP contribution in [0.4, 0.5) is 0 Å². The van der Waals surface area contributed by atoms with Crippen LogP contribution >= 0.6 is 24.0 Å². The van der Waals surface area contributed by atoms with Crippen molar-refractivity contribution < 1.29 is 4.79 Å². The van der Waals surface area contributed by atoms with Crippen molar-refractivity contribution in [3.05, 3.63) is 41.2 Å². The molecule has 2 saturated heterocycles. The lowest BCUT2D eigenvalue weighted by molar-refractivity contribution is 0.0675. The average Bonchev–Trinajstić information content (AvgIpc) is 3.20. The number of carbonyl (C=O) groups excluding carboxylic acids is 1. The third kappa shape index (κ3) is 3.52. The molecule has 0 radical (unpaired) electrons. The van der Waals surface area contributed by atoms with Crippen molar-refractivity contribution >= 4 is 29.9 Å². The highest BCUT2D eigenvalue weighted by molar-refractivity contribution is 6.32. The van der Waals surface area contributed by atoms with Crippen LogP contribution in [-0.2, 0) is 0 Å². The van der Waals surface area contributed by atoms with Crippen LogP contribution in [0, 0.1) is 0 Å². The van der Waals surface area contributed by atoms with Crippen molar-refractivity contribution in [1.29, 1.82) is 0 Å². The van der Waals surface area contributed by atoms with Crippen LogP contribution in [0.15, 0.2) is 30.5 Å². The molecule has 1 aromatic carbocycles. The van der Waals surface area contributed by atoms with Crippen LogP contribution < -0.4 is 5.32 Å². The summed E-state index contributed by atoms with van der Waals surface area (Å²) in [5.74, 6) is -0.0837. The Kier molecular flexibility index (Phi) is 5.32. The van der Waals surface area contributed by atoms with Crippen LogP contribution in [0.3, 0.4) is 0 Å². The van der Waals surface area contributed by atoms with Gasteiger partial charge in [-0.15, -0.1) is 17.5 Å². The van der Waals surface area contributed by atoms with Crippen molar-refractivity contribution in [2.75, 3.05) is 7.05 Å². The Morgan fingerprint density at radius 2 is 1.96 bits per heavy atom. The number of hydrogen-bond donors (Lipinski definition) is 1. The van der Waals surface area contributed by atoms with E-state index >= 15 is 0 Å². The number of piperidine rings is 1. The smallest absolute Gasteiger partial charge is 0.276 e. The van der Waals surface area contributed by atoms with E-state index in [-0.39, 0.29) is 24.4 Å². The summed E-state index contributed by atoms with van der Waals surface area (Å²) in [6, 6.07) is 8.72. The Labute approximate surface area is 157 Å². The van der Waals surface area contributed by atoms with Gasteiger partial charge in [0.2, 0.25) is 0 Å². The number of aromatic nitrogens is 3. The van der Waals surface area contributed by atoms with E-state index in [1.807, 2.05) is 30.1 Å². The summed E-state index contributed by atoms with van der Waals surface area (Å²) >= 11 is 6.18. The first-order chi connectivity index (χ1) is 11.6. The molecule has 8 heteroatoms. The molecule has 1 aromatic heterocycles. The molecule has 2 bridgehead atoms. The molecule has 0 saturated carbocycles. The van der Waals surface area contributed by atoms with Gasteiger partial charge in [-0.1, -0.05) is 28.9 Å². The first-order valence-electron chi connectivity index (χ1n) is 8.32. The quantitative estimate of drug-likeness (QED) is 0.887. The van der Waals surface area contributed by atoms with E-state index in [0.29, 0.717) is 28.5 Å². The summed E-state index contributed by atoms with van der Waals surface area (Å²) in [6.45, 7) is 0. The highest BCUT2D eigenvalue weighted by Crippen LogP contribution is 2.29. The maximum atomic E-state index is 12.8. The molecule has 2 fully saturated rings. The lowest BCUT2D eigenvalue weighted by Crippen LogP contribution is -2.48. The predicted molar refractivity (Wildman–Crippen MR) is 98.7 cm³/mol. The van der Waals surface area contributed by atoms with Gasteiger partial charge in [-0.25, -0.2) is 4.68 Å². The summed E-state index contributed by atoms with van der Waals surface area (Å²) < 4.78 is 1.55. The van der Waals surface area contributed by atoms with Crippen LogP contribution in [0.2, 0.25) is 5.02 Å². The molecule has 134 valence electrons. The minimum atomic E-state index is -0.0837. The highest BCUT2D eigenvalue weighted by Gasteiger charge is 2.37. The number of nitrogens with one attached hydrogen (secondary N) is 1. The van der Waals surface area contributed by atoms with E-state index in [2.05, 4.69) is 15.6 Å². The number of amides is 1. The number of para-hydroxylation sites is 1. The third-order valence-corrected chi connectivity index (χ3v) is 5.45. The second-order valence-electron chi connectivity index (χ2n) is 6.68. The van der Waals surface area contributed by atoms with E-state index in [9.17, 15) is 4.79 Å². The standard InChI is InChI=1S/C17H20ClN5O.ClH/c1-22(13-8-11-6-7-12(9-13)19-11)17(24)15-10-23(21-20-15)16-5-3-2-4-14(16)18;/h2-5,10-13,19H,6-9H2,1H3;1H. The lowest BCUT2D eigenvalue weighted by Gasteiger charge is -2.35. The number of rotatable bonds is 3. The minimum absolute atomic E-state index is 0. The van der Waals surface area contributed by atoms with E-state index in [1.165, 1.54) is 12.8 Å². The first kappa shape index (κ1) is 18.2. The minimum Gasteiger partial charge on any atom is -0.337 e. The van der Waals surface area contributed by atoms with E-state index in [0.717, 1.165) is 12.8 Å². The average molecular weight is 382 g/mol. The molecule has 4 rings (SSSR count). The van der Waals surface area contributed by atoms with Gasteiger partial charge in [0.15, 0.2) is 5.69 Å². The predicted octanol–water partition coefficient (Wildman–Crippen LogP) is 2.70. The number of nitrogens with zero attached hydrogens (tertiary/aromatic N) is 4. The van der Waals surface area contributed by atoms with E-state index < -0.39 is 0 Å². The van der Waals surface area contributed by atoms with Gasteiger partial charge in [0.05, 0.1) is 16.9 Å². The van der Waals surface area contributed by atoms with Crippen molar-refractivity contribution in [2.24, 2.45) is 0 Å². The number of carbonyl (C=O) groups is 1. The van der Waals surface area contributed by atoms with Crippen molar-refractivity contribution in [3.8, 4) is 5.69 Å². The van der Waals surface area contributed by atoms with Crippen molar-refractivity contribution in [1.82, 2.24) is 25.2 Å². The normalized spacial score (nSPS) is 24.6. The molecular formula is C17H21Cl2N5O. The molecule has 2 aliphatic rings. The zero-order valence-electron chi connectivity index (χ0n) is 13.9. The number of fused-ring (bicyclic) bond motifs is 2. The summed E-state index contributed by atoms with van der Waals surface area (Å²) in [5.41, 5.74) is 1.07. The SMILES string of the molecule is CN(C(=O)c1cn(-c2ccccc2Cl)nn1)C1CC2CCC(C1)N2.Cl. The Morgan fingerprint density at radius 3 is 2.64 bits per heavy atom. The van der Waals surface area contributed by atoms with E-state index in [4.69, 9.17) is 11.6 Å². The molecule has 2 unspecified atom stereocenters. The van der Waals surface area contributed by atoms with Gasteiger partial charge in [0.25, 0.3) is 5.91 Å². The molecule has 1 N–H and O–H groups in total. The summed E-state index contributed by atoms with van der Waals surface area (Å²) in [7, 11) is 1.87. The summed E-state index contributed by atoms with van der Waals surface area (Å²) in [4.78, 5) is 14.6. The first-order valence-corrected chi connectivity index (χ1v) is 8.70. The second kappa shape index (κ2) is 7.32. The molecule has 6 nitrogen and oxygen atoms in total. The molecule has 25 heavy (non-hydrogen) atoms. The highest BCUT2D eigenvalue weighted by atomic mass is 35.5. The van der Waals surface area contributed by atoms with Gasteiger partial charge in [0, 0.05) is 25.2 Å². The lowest BCUT2D eigenvalue weighted by atomic mass is 9.98. The molecule has 0 spiro atoms.